The van der Waals surface area contributed by atoms with Gasteiger partial charge in [0.1, 0.15) is 11.3 Å². The van der Waals surface area contributed by atoms with Crippen molar-refractivity contribution in [3.05, 3.63) is 47.8 Å². The summed E-state index contributed by atoms with van der Waals surface area (Å²) in [5.41, 5.74) is 5.59. The van der Waals surface area contributed by atoms with Crippen LogP contribution in [-0.4, -0.2) is 9.97 Å². The number of alkyl halides is 3. The van der Waals surface area contributed by atoms with Crippen molar-refractivity contribution >= 4 is 16.7 Å². The monoisotopic (exact) mass is 295 g/mol. The molecular formula is C14H9F4N3. The molecule has 21 heavy (non-hydrogen) atoms. The lowest BCUT2D eigenvalue weighted by atomic mass is 10.1. The summed E-state index contributed by atoms with van der Waals surface area (Å²) >= 11 is 0. The first-order valence-electron chi connectivity index (χ1n) is 5.97. The minimum atomic E-state index is -4.47. The third-order valence-electron chi connectivity index (χ3n) is 3.10. The summed E-state index contributed by atoms with van der Waals surface area (Å²) in [7, 11) is 0. The summed E-state index contributed by atoms with van der Waals surface area (Å²) < 4.78 is 51.4. The number of benzene rings is 2. The number of fused-ring (bicyclic) bond motifs is 1. The highest BCUT2D eigenvalue weighted by Gasteiger charge is 2.31. The number of anilines is 1. The lowest BCUT2D eigenvalue weighted by molar-refractivity contribution is -0.137. The van der Waals surface area contributed by atoms with Gasteiger partial charge in [-0.2, -0.15) is 13.2 Å². The fraction of sp³-hybridized carbons (Fsp3) is 0.0714. The maximum atomic E-state index is 13.6. The average Bonchev–Trinajstić information content (AvgIpc) is 2.82. The zero-order valence-corrected chi connectivity index (χ0v) is 10.5. The molecule has 0 aliphatic rings. The number of H-pyrrole nitrogens is 1. The number of aromatic amines is 1. The standard InChI is InChI=1S/C14H9F4N3/c15-9-2-1-3-11-12(9)21-13(20-11)8-5-4-7(6-10(8)19)14(16,17)18/h1-6H,19H2,(H,20,21). The Labute approximate surface area is 116 Å². The van der Waals surface area contributed by atoms with Gasteiger partial charge in [0.2, 0.25) is 0 Å². The van der Waals surface area contributed by atoms with Gasteiger partial charge < -0.3 is 10.7 Å². The second-order valence-electron chi connectivity index (χ2n) is 4.52. The molecule has 3 rings (SSSR count). The van der Waals surface area contributed by atoms with Crippen molar-refractivity contribution in [3.63, 3.8) is 0 Å². The molecule has 0 unspecified atom stereocenters. The number of hydrogen-bond acceptors (Lipinski definition) is 2. The van der Waals surface area contributed by atoms with E-state index in [1.54, 1.807) is 6.07 Å². The van der Waals surface area contributed by atoms with E-state index >= 15 is 0 Å². The molecule has 3 N–H and O–H groups in total. The molecular weight excluding hydrogens is 286 g/mol. The van der Waals surface area contributed by atoms with E-state index in [-0.39, 0.29) is 17.0 Å². The maximum Gasteiger partial charge on any atom is 0.416 e. The fourth-order valence-corrected chi connectivity index (χ4v) is 2.08. The van der Waals surface area contributed by atoms with Crippen molar-refractivity contribution in [3.8, 4) is 11.4 Å². The van der Waals surface area contributed by atoms with Crippen LogP contribution in [0.3, 0.4) is 0 Å². The predicted molar refractivity (Wildman–Crippen MR) is 70.9 cm³/mol. The SMILES string of the molecule is Nc1cc(C(F)(F)F)ccc1-c1nc2c(F)cccc2[nH]1. The molecule has 0 radical (unpaired) electrons. The third kappa shape index (κ3) is 2.31. The highest BCUT2D eigenvalue weighted by Crippen LogP contribution is 2.34. The van der Waals surface area contributed by atoms with E-state index in [1.165, 1.54) is 18.2 Å². The summed E-state index contributed by atoms with van der Waals surface area (Å²) in [6.45, 7) is 0. The summed E-state index contributed by atoms with van der Waals surface area (Å²) in [5.74, 6) is -0.290. The van der Waals surface area contributed by atoms with Crippen LogP contribution in [0.1, 0.15) is 5.56 Å². The zero-order chi connectivity index (χ0) is 15.2. The lowest BCUT2D eigenvalue weighted by Gasteiger charge is -2.09. The summed E-state index contributed by atoms with van der Waals surface area (Å²) in [5, 5.41) is 0. The summed E-state index contributed by atoms with van der Waals surface area (Å²) in [4.78, 5) is 6.88. The molecule has 0 aliphatic carbocycles. The lowest BCUT2D eigenvalue weighted by Crippen LogP contribution is -2.06. The largest absolute Gasteiger partial charge is 0.416 e. The van der Waals surface area contributed by atoms with Crippen LogP contribution >= 0.6 is 0 Å². The minimum absolute atomic E-state index is 0.0794. The molecule has 0 atom stereocenters. The number of nitrogen functional groups attached to an aromatic ring is 1. The Morgan fingerprint density at radius 1 is 1.10 bits per heavy atom. The second-order valence-corrected chi connectivity index (χ2v) is 4.52. The van der Waals surface area contributed by atoms with Gasteiger partial charge >= 0.3 is 6.18 Å². The van der Waals surface area contributed by atoms with Crippen molar-refractivity contribution in [1.82, 2.24) is 9.97 Å². The number of halogens is 4. The van der Waals surface area contributed by atoms with Gasteiger partial charge in [0.25, 0.3) is 0 Å². The number of imidazole rings is 1. The van der Waals surface area contributed by atoms with Crippen LogP contribution in [0, 0.1) is 5.82 Å². The molecule has 0 bridgehead atoms. The van der Waals surface area contributed by atoms with Crippen LogP contribution in [-0.2, 0) is 6.18 Å². The van der Waals surface area contributed by atoms with E-state index in [4.69, 9.17) is 5.73 Å². The molecule has 0 fully saturated rings. The molecule has 1 heterocycles. The molecule has 3 nitrogen and oxygen atoms in total. The first kappa shape index (κ1) is 13.4. The molecule has 3 aromatic rings. The van der Waals surface area contributed by atoms with Gasteiger partial charge in [-0.25, -0.2) is 9.37 Å². The van der Waals surface area contributed by atoms with E-state index in [0.717, 1.165) is 12.1 Å². The van der Waals surface area contributed by atoms with E-state index < -0.39 is 17.6 Å². The summed E-state index contributed by atoms with van der Waals surface area (Å²) in [6, 6.07) is 7.34. The molecule has 7 heteroatoms. The minimum Gasteiger partial charge on any atom is -0.398 e. The van der Waals surface area contributed by atoms with Gasteiger partial charge in [-0.3, -0.25) is 0 Å². The number of aromatic nitrogens is 2. The van der Waals surface area contributed by atoms with Crippen molar-refractivity contribution in [2.45, 2.75) is 6.18 Å². The molecule has 0 saturated heterocycles. The average molecular weight is 295 g/mol. The summed E-state index contributed by atoms with van der Waals surface area (Å²) in [6.07, 6.45) is -4.47. The van der Waals surface area contributed by atoms with Crippen molar-refractivity contribution in [2.24, 2.45) is 0 Å². The highest BCUT2D eigenvalue weighted by atomic mass is 19.4. The topological polar surface area (TPSA) is 54.7 Å². The second kappa shape index (κ2) is 4.47. The van der Waals surface area contributed by atoms with Gasteiger partial charge in [0.15, 0.2) is 5.82 Å². The van der Waals surface area contributed by atoms with E-state index in [2.05, 4.69) is 9.97 Å². The number of rotatable bonds is 1. The first-order valence-corrected chi connectivity index (χ1v) is 5.97. The quantitative estimate of drug-likeness (QED) is 0.527. The molecule has 0 amide bonds. The van der Waals surface area contributed by atoms with Gasteiger partial charge in [0.05, 0.1) is 11.1 Å². The number of nitrogens with zero attached hydrogens (tertiary/aromatic N) is 1. The van der Waals surface area contributed by atoms with Crippen LogP contribution in [0.15, 0.2) is 36.4 Å². The Morgan fingerprint density at radius 3 is 2.48 bits per heavy atom. The third-order valence-corrected chi connectivity index (χ3v) is 3.10. The van der Waals surface area contributed by atoms with E-state index in [0.29, 0.717) is 11.1 Å². The smallest absolute Gasteiger partial charge is 0.398 e. The fourth-order valence-electron chi connectivity index (χ4n) is 2.08. The predicted octanol–water partition coefficient (Wildman–Crippen LogP) is 3.97. The Kier molecular flexibility index (Phi) is 2.86. The van der Waals surface area contributed by atoms with E-state index in [9.17, 15) is 17.6 Å². The van der Waals surface area contributed by atoms with Crippen molar-refractivity contribution in [2.75, 3.05) is 5.73 Å². The van der Waals surface area contributed by atoms with Gasteiger partial charge in [0, 0.05) is 11.3 Å². The number of nitrogens with one attached hydrogen (secondary N) is 1. The van der Waals surface area contributed by atoms with Crippen LogP contribution in [0.5, 0.6) is 0 Å². The molecule has 108 valence electrons. The van der Waals surface area contributed by atoms with Crippen molar-refractivity contribution in [1.29, 1.82) is 0 Å². The Balaban J connectivity index is 2.13. The highest BCUT2D eigenvalue weighted by molar-refractivity contribution is 5.83. The van der Waals surface area contributed by atoms with Crippen LogP contribution in [0.25, 0.3) is 22.4 Å². The maximum absolute atomic E-state index is 13.6. The van der Waals surface area contributed by atoms with Crippen molar-refractivity contribution < 1.29 is 17.6 Å². The number of hydrogen-bond donors (Lipinski definition) is 2. The molecule has 2 aromatic carbocycles. The van der Waals surface area contributed by atoms with Gasteiger partial charge in [-0.15, -0.1) is 0 Å². The van der Waals surface area contributed by atoms with Crippen LogP contribution in [0.4, 0.5) is 23.2 Å². The first-order chi connectivity index (χ1) is 9.86. The van der Waals surface area contributed by atoms with E-state index in [1.807, 2.05) is 0 Å². The Hall–Kier alpha value is -2.57. The Morgan fingerprint density at radius 2 is 1.86 bits per heavy atom. The molecule has 1 aromatic heterocycles. The zero-order valence-electron chi connectivity index (χ0n) is 10.5. The molecule has 0 aliphatic heterocycles. The molecule has 0 saturated carbocycles. The van der Waals surface area contributed by atoms with Gasteiger partial charge in [-0.1, -0.05) is 6.07 Å². The molecule has 0 spiro atoms. The normalized spacial score (nSPS) is 12.0. The Bertz CT molecular complexity index is 821. The van der Waals surface area contributed by atoms with Gasteiger partial charge in [-0.05, 0) is 30.3 Å². The number of nitrogens with two attached hydrogens (primary N) is 1. The number of para-hydroxylation sites is 1. The van der Waals surface area contributed by atoms with Crippen LogP contribution < -0.4 is 5.73 Å². The van der Waals surface area contributed by atoms with Crippen LogP contribution in [0.2, 0.25) is 0 Å².